The van der Waals surface area contributed by atoms with E-state index in [4.69, 9.17) is 9.47 Å². The van der Waals surface area contributed by atoms with E-state index in [-0.39, 0.29) is 23.8 Å². The Bertz CT molecular complexity index is 1470. The van der Waals surface area contributed by atoms with Gasteiger partial charge >= 0.3 is 11.9 Å². The molecule has 12 atom stereocenters. The van der Waals surface area contributed by atoms with Crippen molar-refractivity contribution in [3.05, 3.63) is 0 Å². The highest BCUT2D eigenvalue weighted by Crippen LogP contribution is 2.44. The maximum absolute atomic E-state index is 13.7. The number of carbonyl (C=O) groups is 2. The number of esters is 2. The molecule has 0 heterocycles. The fourth-order valence-corrected chi connectivity index (χ4v) is 21.0. The first-order valence-electron chi connectivity index (χ1n) is 32.9. The summed E-state index contributed by atoms with van der Waals surface area (Å²) in [7, 11) is 26.2. The van der Waals surface area contributed by atoms with Crippen LogP contribution in [0, 0.1) is 47.3 Å². The molecule has 0 N–H and O–H groups in total. The van der Waals surface area contributed by atoms with Crippen molar-refractivity contribution in [1.82, 2.24) is 29.4 Å². The summed E-state index contributed by atoms with van der Waals surface area (Å²) in [5.41, 5.74) is 0. The molecule has 0 aromatic rings. The van der Waals surface area contributed by atoms with Crippen LogP contribution in [0.1, 0.15) is 157 Å². The maximum Gasteiger partial charge on any atom is 0.308 e. The Morgan fingerprint density at radius 2 is 0.695 bits per heavy atom. The second-order valence-corrected chi connectivity index (χ2v) is 35.4. The molecule has 0 radical (unpaired) electrons. The second-order valence-electron chi connectivity index (χ2n) is 27.3. The molecule has 12 unspecified atom stereocenters. The van der Waals surface area contributed by atoms with Gasteiger partial charge < -0.3 is 38.9 Å². The van der Waals surface area contributed by atoms with E-state index >= 15 is 0 Å². The van der Waals surface area contributed by atoms with E-state index in [0.717, 1.165) is 125 Å². The molecule has 2 aliphatic rings. The fourth-order valence-electron chi connectivity index (χ4n) is 11.6. The topological polar surface area (TPSA) is 72.0 Å². The predicted octanol–water partition coefficient (Wildman–Crippen LogP) is 14.2. The lowest BCUT2D eigenvalue weighted by atomic mass is 9.78. The monoisotopic (exact) mass is 1260 g/mol. The van der Waals surface area contributed by atoms with Crippen molar-refractivity contribution in [2.75, 3.05) is 172 Å². The summed E-state index contributed by atoms with van der Waals surface area (Å²) >= 11 is 13.1. The molecule has 0 bridgehead atoms. The molecule has 2 fully saturated rings. The highest BCUT2D eigenvalue weighted by molar-refractivity contribution is 8.01. The van der Waals surface area contributed by atoms with Crippen LogP contribution < -0.4 is 0 Å². The first kappa shape index (κ1) is 78.9. The zero-order valence-electron chi connectivity index (χ0n) is 56.5. The van der Waals surface area contributed by atoms with Gasteiger partial charge in [0, 0.05) is 105 Å². The van der Waals surface area contributed by atoms with E-state index in [1.807, 2.05) is 0 Å². The number of unbranched alkanes of at least 4 members (excludes halogenated alkanes) is 3. The molecular formula is C66H132N6O4S6. The Morgan fingerprint density at radius 1 is 0.390 bits per heavy atom. The number of ether oxygens (including phenoxy) is 2. The van der Waals surface area contributed by atoms with E-state index < -0.39 is 0 Å². The molecule has 0 aromatic heterocycles. The van der Waals surface area contributed by atoms with E-state index in [1.54, 1.807) is 0 Å². The van der Waals surface area contributed by atoms with Gasteiger partial charge in [-0.2, -0.15) is 70.6 Å². The zero-order valence-corrected chi connectivity index (χ0v) is 61.4. The molecule has 0 aliphatic heterocycles. The Morgan fingerprint density at radius 3 is 1.00 bits per heavy atom. The first-order valence-corrected chi connectivity index (χ1v) is 39.2. The average molecular weight is 1270 g/mol. The molecule has 82 heavy (non-hydrogen) atoms. The molecule has 0 amide bonds. The first-order chi connectivity index (χ1) is 39.0. The van der Waals surface area contributed by atoms with Gasteiger partial charge in [-0.1, -0.05) is 41.5 Å². The lowest BCUT2D eigenvalue weighted by molar-refractivity contribution is -0.151. The summed E-state index contributed by atoms with van der Waals surface area (Å²) in [6.45, 7) is 22.4. The molecule has 16 heteroatoms. The Labute approximate surface area is 534 Å². The second kappa shape index (κ2) is 46.8. The number of rotatable bonds is 49. The minimum atomic E-state index is 0.00790. The molecule has 0 spiro atoms. The van der Waals surface area contributed by atoms with Crippen LogP contribution in [-0.2, 0) is 19.1 Å². The summed E-state index contributed by atoms with van der Waals surface area (Å²) in [6.07, 6.45) is 20.1. The Kier molecular flexibility index (Phi) is 45.0. The number of hydrogen-bond acceptors (Lipinski definition) is 16. The van der Waals surface area contributed by atoms with Gasteiger partial charge in [-0.15, -0.1) is 0 Å². The van der Waals surface area contributed by atoms with Crippen molar-refractivity contribution in [2.45, 2.75) is 189 Å². The van der Waals surface area contributed by atoms with Gasteiger partial charge in [0.1, 0.15) is 0 Å². The maximum atomic E-state index is 13.7. The van der Waals surface area contributed by atoms with E-state index in [2.05, 4.69) is 226 Å². The third kappa shape index (κ3) is 37.1. The molecule has 10 nitrogen and oxygen atoms in total. The third-order valence-corrected chi connectivity index (χ3v) is 26.7. The largest absolute Gasteiger partial charge is 0.465 e. The summed E-state index contributed by atoms with van der Waals surface area (Å²) in [4.78, 5) is 41.2. The van der Waals surface area contributed by atoms with Crippen LogP contribution in [-0.4, -0.2) is 244 Å². The Hall–Kier alpha value is 0.800. The van der Waals surface area contributed by atoms with Crippen LogP contribution in [0.5, 0.6) is 0 Å². The van der Waals surface area contributed by atoms with Gasteiger partial charge in [-0.25, -0.2) is 0 Å². The van der Waals surface area contributed by atoms with E-state index in [0.29, 0.717) is 69.7 Å². The molecule has 0 aromatic carbocycles. The number of thioether (sulfide) groups is 6. The minimum Gasteiger partial charge on any atom is -0.465 e. The van der Waals surface area contributed by atoms with Gasteiger partial charge in [0.15, 0.2) is 0 Å². The van der Waals surface area contributed by atoms with Gasteiger partial charge in [0.25, 0.3) is 0 Å². The lowest BCUT2D eigenvalue weighted by Gasteiger charge is -2.36. The number of carbonyl (C=O) groups excluding carboxylic acids is 2. The fraction of sp³-hybridized carbons (Fsp3) is 0.970. The van der Waals surface area contributed by atoms with E-state index in [1.165, 1.54) is 74.4 Å². The molecule has 2 saturated carbocycles. The normalized spacial score (nSPS) is 22.3. The van der Waals surface area contributed by atoms with Crippen LogP contribution in [0.4, 0.5) is 0 Å². The SMILES string of the molecule is CC(C)C(CCC(C)C(CCC1CCC(C(=O)OCCCCCCOC(=O)C2CCC(CCC(SCCN(C)C)C(C)CCC(SCCN(C)C)C(C)C)C(SCCN(C)C)C2)CC1SCCN(C)C)SCCN(C)C)SCCN(C)C. The van der Waals surface area contributed by atoms with Crippen molar-refractivity contribution in [3.63, 3.8) is 0 Å². The number of nitrogens with zero attached hydrogens (tertiary/aromatic N) is 6. The molecule has 2 aliphatic carbocycles. The van der Waals surface area contributed by atoms with Gasteiger partial charge in [0.2, 0.25) is 0 Å². The standard InChI is InChI=1S/C66H132N6O4S6/c1-51(2)59(77-43-35-67(7)8)31-23-53(5)61(79-45-37-69(11)12)33-29-55-25-27-57(49-63(55)81-47-39-71(15)16)65(73)75-41-21-19-20-22-42-76-66(74)58-28-26-56(64(50-58)82-48-40-72(17)18)30-34-62(80-46-38-70(13)14)54(6)24-32-60(52(3)4)78-44-36-68(9)10/h51-64H,19-50H2,1-18H3. The summed E-state index contributed by atoms with van der Waals surface area (Å²) < 4.78 is 12.1. The van der Waals surface area contributed by atoms with Crippen LogP contribution in [0.25, 0.3) is 0 Å². The van der Waals surface area contributed by atoms with Crippen molar-refractivity contribution in [2.24, 2.45) is 47.3 Å². The molecule has 2 rings (SSSR count). The van der Waals surface area contributed by atoms with Crippen LogP contribution in [0.15, 0.2) is 0 Å². The van der Waals surface area contributed by atoms with Crippen molar-refractivity contribution >= 4 is 82.5 Å². The quantitative estimate of drug-likeness (QED) is 0.0428. The summed E-state index contributed by atoms with van der Waals surface area (Å²) in [5, 5.41) is 3.81. The smallest absolute Gasteiger partial charge is 0.308 e. The van der Waals surface area contributed by atoms with E-state index in [9.17, 15) is 9.59 Å². The zero-order chi connectivity index (χ0) is 61.0. The molecule has 0 saturated heterocycles. The van der Waals surface area contributed by atoms with Crippen LogP contribution >= 0.6 is 70.6 Å². The van der Waals surface area contributed by atoms with Crippen molar-refractivity contribution < 1.29 is 19.1 Å². The highest BCUT2D eigenvalue weighted by atomic mass is 32.2. The minimum absolute atomic E-state index is 0.00790. The molecule has 486 valence electrons. The lowest BCUT2D eigenvalue weighted by Crippen LogP contribution is -2.34. The van der Waals surface area contributed by atoms with Crippen LogP contribution in [0.2, 0.25) is 0 Å². The summed E-state index contributed by atoms with van der Waals surface area (Å²) in [5.74, 6) is 11.2. The van der Waals surface area contributed by atoms with Gasteiger partial charge in [0.05, 0.1) is 25.0 Å². The molecular weight excluding hydrogens is 1130 g/mol. The van der Waals surface area contributed by atoms with Crippen molar-refractivity contribution in [3.8, 4) is 0 Å². The Balaban J connectivity index is 1.89. The predicted molar refractivity (Wildman–Crippen MR) is 376 cm³/mol. The van der Waals surface area contributed by atoms with Crippen LogP contribution in [0.3, 0.4) is 0 Å². The van der Waals surface area contributed by atoms with Gasteiger partial charge in [-0.05, 0) is 236 Å². The highest BCUT2D eigenvalue weighted by Gasteiger charge is 2.37. The average Bonchev–Trinajstić information content (AvgIpc) is 3.44. The number of hydrogen-bond donors (Lipinski definition) is 0. The van der Waals surface area contributed by atoms with Gasteiger partial charge in [-0.3, -0.25) is 9.59 Å². The van der Waals surface area contributed by atoms with Crippen molar-refractivity contribution in [1.29, 1.82) is 0 Å². The summed E-state index contributed by atoms with van der Waals surface area (Å²) in [6, 6.07) is 0. The third-order valence-electron chi connectivity index (χ3n) is 17.5.